The number of para-hydroxylation sites is 1. The van der Waals surface area contributed by atoms with E-state index in [1.54, 1.807) is 19.1 Å². The van der Waals surface area contributed by atoms with Crippen molar-refractivity contribution in [3.8, 4) is 0 Å². The number of hydrogen-bond donors (Lipinski definition) is 1. The van der Waals surface area contributed by atoms with Crippen LogP contribution in [0, 0.1) is 0 Å². The van der Waals surface area contributed by atoms with Crippen LogP contribution in [-0.2, 0) is 21.2 Å². The van der Waals surface area contributed by atoms with E-state index in [9.17, 15) is 13.2 Å². The molecule has 3 rings (SSSR count). The number of carbonyl (C=O) groups excluding carboxylic acids is 1. The smallest absolute Gasteiger partial charge is 0.264 e. The Labute approximate surface area is 142 Å². The number of hydrogen-bond acceptors (Lipinski definition) is 3. The predicted molar refractivity (Wildman–Crippen MR) is 94.7 cm³/mol. The number of carbonyl (C=O) groups is 1. The van der Waals surface area contributed by atoms with Crippen LogP contribution in [0.3, 0.4) is 0 Å². The molecule has 1 aliphatic heterocycles. The van der Waals surface area contributed by atoms with Crippen LogP contribution in [0.25, 0.3) is 0 Å². The Bertz CT molecular complexity index is 845. The number of nitrogens with one attached hydrogen (secondary N) is 1. The molecule has 0 bridgehead atoms. The van der Waals surface area contributed by atoms with Gasteiger partial charge in [0, 0.05) is 18.7 Å². The van der Waals surface area contributed by atoms with E-state index >= 15 is 0 Å². The number of benzene rings is 2. The summed E-state index contributed by atoms with van der Waals surface area (Å²) in [5, 5.41) is 2.72. The first kappa shape index (κ1) is 16.5. The minimum Gasteiger partial charge on any atom is -0.326 e. The normalized spacial score (nSPS) is 14.1. The van der Waals surface area contributed by atoms with E-state index < -0.39 is 10.0 Å². The molecule has 126 valence electrons. The largest absolute Gasteiger partial charge is 0.326 e. The SMILES string of the molecule is CCC(=O)Nc1ccc(S(=O)(=O)N2CCCc3ccccc32)cc1. The van der Waals surface area contributed by atoms with Crippen molar-refractivity contribution in [2.75, 3.05) is 16.2 Å². The lowest BCUT2D eigenvalue weighted by atomic mass is 10.0. The van der Waals surface area contributed by atoms with Gasteiger partial charge in [-0.15, -0.1) is 0 Å². The first-order valence-corrected chi connectivity index (χ1v) is 9.47. The molecule has 0 unspecified atom stereocenters. The van der Waals surface area contributed by atoms with Crippen LogP contribution in [0.1, 0.15) is 25.3 Å². The number of sulfonamides is 1. The van der Waals surface area contributed by atoms with E-state index in [4.69, 9.17) is 0 Å². The summed E-state index contributed by atoms with van der Waals surface area (Å²) < 4.78 is 27.4. The number of anilines is 2. The van der Waals surface area contributed by atoms with Gasteiger partial charge in [-0.3, -0.25) is 9.10 Å². The second-order valence-electron chi connectivity index (χ2n) is 5.74. The molecule has 1 heterocycles. The third-order valence-corrected chi connectivity index (χ3v) is 5.94. The number of fused-ring (bicyclic) bond motifs is 1. The number of aryl methyl sites for hydroxylation is 1. The van der Waals surface area contributed by atoms with Gasteiger partial charge in [-0.2, -0.15) is 0 Å². The van der Waals surface area contributed by atoms with Crippen LogP contribution >= 0.6 is 0 Å². The minimum absolute atomic E-state index is 0.101. The quantitative estimate of drug-likeness (QED) is 0.926. The maximum atomic E-state index is 13.0. The topological polar surface area (TPSA) is 66.5 Å². The second kappa shape index (κ2) is 6.65. The van der Waals surface area contributed by atoms with Crippen molar-refractivity contribution in [2.45, 2.75) is 31.1 Å². The van der Waals surface area contributed by atoms with Crippen LogP contribution in [-0.4, -0.2) is 20.9 Å². The molecule has 6 heteroatoms. The van der Waals surface area contributed by atoms with E-state index in [0.717, 1.165) is 24.1 Å². The summed E-state index contributed by atoms with van der Waals surface area (Å²) in [6.45, 7) is 2.25. The van der Waals surface area contributed by atoms with E-state index in [1.807, 2.05) is 24.3 Å². The first-order valence-electron chi connectivity index (χ1n) is 8.03. The van der Waals surface area contributed by atoms with Gasteiger partial charge in [-0.25, -0.2) is 8.42 Å². The molecule has 0 atom stereocenters. The lowest BCUT2D eigenvalue weighted by Gasteiger charge is -2.30. The van der Waals surface area contributed by atoms with E-state index in [-0.39, 0.29) is 10.8 Å². The molecule has 1 aliphatic rings. The molecular weight excluding hydrogens is 324 g/mol. The molecule has 5 nitrogen and oxygen atoms in total. The lowest BCUT2D eigenvalue weighted by Crippen LogP contribution is -2.35. The fraction of sp³-hybridized carbons (Fsp3) is 0.278. The van der Waals surface area contributed by atoms with Crippen molar-refractivity contribution in [1.82, 2.24) is 0 Å². The summed E-state index contributed by atoms with van der Waals surface area (Å²) in [6.07, 6.45) is 2.08. The van der Waals surface area contributed by atoms with Gasteiger partial charge in [0.05, 0.1) is 10.6 Å². The van der Waals surface area contributed by atoms with Crippen LogP contribution in [0.4, 0.5) is 11.4 Å². The Morgan fingerprint density at radius 2 is 1.83 bits per heavy atom. The Morgan fingerprint density at radius 3 is 2.54 bits per heavy atom. The monoisotopic (exact) mass is 344 g/mol. The molecule has 0 radical (unpaired) electrons. The number of rotatable bonds is 4. The summed E-state index contributed by atoms with van der Waals surface area (Å²) >= 11 is 0. The van der Waals surface area contributed by atoms with Gasteiger partial charge in [-0.1, -0.05) is 25.1 Å². The van der Waals surface area contributed by atoms with E-state index in [1.165, 1.54) is 16.4 Å². The average Bonchev–Trinajstić information content (AvgIpc) is 2.61. The van der Waals surface area contributed by atoms with Gasteiger partial charge in [0.25, 0.3) is 10.0 Å². The fourth-order valence-corrected chi connectivity index (χ4v) is 4.38. The van der Waals surface area contributed by atoms with Gasteiger partial charge in [0.1, 0.15) is 0 Å². The maximum Gasteiger partial charge on any atom is 0.264 e. The Morgan fingerprint density at radius 1 is 1.12 bits per heavy atom. The van der Waals surface area contributed by atoms with Gasteiger partial charge >= 0.3 is 0 Å². The molecular formula is C18H20N2O3S. The predicted octanol–water partition coefficient (Wildman–Crippen LogP) is 3.18. The van der Waals surface area contributed by atoms with Crippen molar-refractivity contribution >= 4 is 27.3 Å². The number of nitrogens with zero attached hydrogens (tertiary/aromatic N) is 1. The highest BCUT2D eigenvalue weighted by Crippen LogP contribution is 2.32. The van der Waals surface area contributed by atoms with Crippen molar-refractivity contribution < 1.29 is 13.2 Å². The zero-order valence-corrected chi connectivity index (χ0v) is 14.3. The molecule has 24 heavy (non-hydrogen) atoms. The highest BCUT2D eigenvalue weighted by Gasteiger charge is 2.28. The molecule has 0 fully saturated rings. The summed E-state index contributed by atoms with van der Waals surface area (Å²) in [7, 11) is -3.61. The maximum absolute atomic E-state index is 13.0. The molecule has 2 aromatic rings. The Balaban J connectivity index is 1.90. The Hall–Kier alpha value is -2.34. The first-order chi connectivity index (χ1) is 11.5. The summed E-state index contributed by atoms with van der Waals surface area (Å²) in [4.78, 5) is 11.6. The molecule has 1 N–H and O–H groups in total. The van der Waals surface area contributed by atoms with Crippen molar-refractivity contribution in [2.24, 2.45) is 0 Å². The molecule has 0 aliphatic carbocycles. The van der Waals surface area contributed by atoms with E-state index in [0.29, 0.717) is 18.7 Å². The zero-order valence-electron chi connectivity index (χ0n) is 13.5. The average molecular weight is 344 g/mol. The van der Waals surface area contributed by atoms with Crippen LogP contribution in [0.15, 0.2) is 53.4 Å². The van der Waals surface area contributed by atoms with Crippen LogP contribution < -0.4 is 9.62 Å². The third kappa shape index (κ3) is 3.14. The van der Waals surface area contributed by atoms with Crippen molar-refractivity contribution in [1.29, 1.82) is 0 Å². The van der Waals surface area contributed by atoms with E-state index in [2.05, 4.69) is 5.32 Å². The van der Waals surface area contributed by atoms with Gasteiger partial charge in [0.2, 0.25) is 5.91 Å². The summed E-state index contributed by atoms with van der Waals surface area (Å²) in [5.74, 6) is -0.101. The fourth-order valence-electron chi connectivity index (χ4n) is 2.84. The highest BCUT2D eigenvalue weighted by molar-refractivity contribution is 7.92. The van der Waals surface area contributed by atoms with Gasteiger partial charge < -0.3 is 5.32 Å². The van der Waals surface area contributed by atoms with Crippen LogP contribution in [0.2, 0.25) is 0 Å². The number of amides is 1. The van der Waals surface area contributed by atoms with Crippen LogP contribution in [0.5, 0.6) is 0 Å². The summed E-state index contributed by atoms with van der Waals surface area (Å²) in [6, 6.07) is 13.9. The molecule has 2 aromatic carbocycles. The third-order valence-electron chi connectivity index (χ3n) is 4.11. The molecule has 0 saturated carbocycles. The standard InChI is InChI=1S/C18H20N2O3S/c1-2-18(21)19-15-9-11-16(12-10-15)24(22,23)20-13-5-7-14-6-3-4-8-17(14)20/h3-4,6,8-12H,2,5,7,13H2,1H3,(H,19,21). The van der Waals surface area contributed by atoms with Crippen molar-refractivity contribution in [3.05, 3.63) is 54.1 Å². The second-order valence-corrected chi connectivity index (χ2v) is 7.60. The molecule has 0 spiro atoms. The molecule has 0 aromatic heterocycles. The van der Waals surface area contributed by atoms with Gasteiger partial charge in [0.15, 0.2) is 0 Å². The minimum atomic E-state index is -3.61. The molecule has 1 amide bonds. The highest BCUT2D eigenvalue weighted by atomic mass is 32.2. The Kier molecular flexibility index (Phi) is 4.57. The van der Waals surface area contributed by atoms with Gasteiger partial charge in [-0.05, 0) is 48.7 Å². The zero-order chi connectivity index (χ0) is 17.2. The summed E-state index contributed by atoms with van der Waals surface area (Å²) in [5.41, 5.74) is 2.41. The van der Waals surface area contributed by atoms with Crippen molar-refractivity contribution in [3.63, 3.8) is 0 Å². The lowest BCUT2D eigenvalue weighted by molar-refractivity contribution is -0.115. The molecule has 0 saturated heterocycles.